The van der Waals surface area contributed by atoms with Crippen molar-refractivity contribution in [1.29, 1.82) is 0 Å². The number of nitrogens with one attached hydrogen (secondary N) is 1. The van der Waals surface area contributed by atoms with E-state index in [4.69, 9.17) is 5.11 Å². The molecule has 2 aliphatic rings. The highest BCUT2D eigenvalue weighted by Gasteiger charge is 2.50. The first-order valence-corrected chi connectivity index (χ1v) is 4.96. The summed E-state index contributed by atoms with van der Waals surface area (Å²) in [5.41, 5.74) is -0.746. The lowest BCUT2D eigenvalue weighted by molar-refractivity contribution is -0.135. The number of rotatable bonds is 0. The van der Waals surface area contributed by atoms with Crippen LogP contribution in [0.1, 0.15) is 25.7 Å². The van der Waals surface area contributed by atoms with Crippen molar-refractivity contribution in [2.75, 3.05) is 13.1 Å². The minimum atomic E-state index is -0.971. The summed E-state index contributed by atoms with van der Waals surface area (Å²) in [5, 5.41) is 11.8. The van der Waals surface area contributed by atoms with E-state index < -0.39 is 11.6 Å². The van der Waals surface area contributed by atoms with E-state index >= 15 is 0 Å². The van der Waals surface area contributed by atoms with Crippen molar-refractivity contribution in [3.8, 4) is 0 Å². The van der Waals surface area contributed by atoms with Gasteiger partial charge in [0.15, 0.2) is 0 Å². The summed E-state index contributed by atoms with van der Waals surface area (Å²) in [4.78, 5) is 24.0. The normalized spacial score (nSPS) is 25.1. The second-order valence-electron chi connectivity index (χ2n) is 3.93. The fourth-order valence-electron chi connectivity index (χ4n) is 2.52. The van der Waals surface area contributed by atoms with Gasteiger partial charge in [0, 0.05) is 13.1 Å². The Morgan fingerprint density at radius 2 is 2.07 bits per heavy atom. The number of hydrogen-bond donors (Lipinski definition) is 2. The lowest BCUT2D eigenvalue weighted by Crippen LogP contribution is -2.64. The molecule has 1 saturated heterocycles. The van der Waals surface area contributed by atoms with E-state index in [2.05, 4.69) is 5.32 Å². The fraction of sp³-hybridized carbons (Fsp3) is 0.778. The molecule has 1 aliphatic carbocycles. The van der Waals surface area contributed by atoms with Gasteiger partial charge in [-0.15, -0.1) is 0 Å². The van der Waals surface area contributed by atoms with E-state index in [0.29, 0.717) is 25.9 Å². The molecule has 0 aromatic carbocycles. The van der Waals surface area contributed by atoms with Gasteiger partial charge in [-0.1, -0.05) is 12.8 Å². The lowest BCUT2D eigenvalue weighted by atomic mass is 9.92. The summed E-state index contributed by atoms with van der Waals surface area (Å²) in [6.45, 7) is 0.855. The molecule has 1 aliphatic heterocycles. The van der Waals surface area contributed by atoms with Gasteiger partial charge >= 0.3 is 6.09 Å². The molecule has 2 fully saturated rings. The van der Waals surface area contributed by atoms with Gasteiger partial charge in [-0.2, -0.15) is 0 Å². The van der Waals surface area contributed by atoms with Crippen molar-refractivity contribution in [3.05, 3.63) is 0 Å². The Labute approximate surface area is 82.1 Å². The average Bonchev–Trinajstić information content (AvgIpc) is 2.59. The molecule has 1 saturated carbocycles. The predicted octanol–water partition coefficient (Wildman–Crippen LogP) is 0.409. The van der Waals surface area contributed by atoms with Gasteiger partial charge in [-0.3, -0.25) is 9.69 Å². The Balaban J connectivity index is 2.29. The van der Waals surface area contributed by atoms with Crippen LogP contribution >= 0.6 is 0 Å². The van der Waals surface area contributed by atoms with Crippen LogP contribution in [0.3, 0.4) is 0 Å². The third kappa shape index (κ3) is 1.15. The van der Waals surface area contributed by atoms with Crippen molar-refractivity contribution in [3.63, 3.8) is 0 Å². The van der Waals surface area contributed by atoms with E-state index in [-0.39, 0.29) is 5.91 Å². The summed E-state index contributed by atoms with van der Waals surface area (Å²) < 4.78 is 0. The van der Waals surface area contributed by atoms with Gasteiger partial charge in [0.1, 0.15) is 5.54 Å². The molecule has 0 bridgehead atoms. The van der Waals surface area contributed by atoms with Gasteiger partial charge in [-0.25, -0.2) is 4.79 Å². The van der Waals surface area contributed by atoms with Gasteiger partial charge in [0.05, 0.1) is 0 Å². The molecule has 78 valence electrons. The Morgan fingerprint density at radius 3 is 2.64 bits per heavy atom. The lowest BCUT2D eigenvalue weighted by Gasteiger charge is -2.41. The maximum absolute atomic E-state index is 11.7. The minimum absolute atomic E-state index is 0.108. The predicted molar refractivity (Wildman–Crippen MR) is 48.9 cm³/mol. The van der Waals surface area contributed by atoms with Crippen LogP contribution in [0.25, 0.3) is 0 Å². The Kier molecular flexibility index (Phi) is 2.09. The molecule has 2 N–H and O–H groups in total. The maximum Gasteiger partial charge on any atom is 0.408 e. The number of amides is 2. The first-order valence-electron chi connectivity index (χ1n) is 4.96. The van der Waals surface area contributed by atoms with Crippen LogP contribution in [0, 0.1) is 0 Å². The van der Waals surface area contributed by atoms with Gasteiger partial charge in [0.25, 0.3) is 0 Å². The maximum atomic E-state index is 11.7. The van der Waals surface area contributed by atoms with Crippen LogP contribution in [-0.2, 0) is 4.79 Å². The molecular weight excluding hydrogens is 184 g/mol. The molecule has 5 nitrogen and oxygen atoms in total. The molecular formula is C9H14N2O3. The Hall–Kier alpha value is -1.26. The number of carbonyl (C=O) groups excluding carboxylic acids is 1. The van der Waals surface area contributed by atoms with E-state index in [1.165, 1.54) is 4.90 Å². The van der Waals surface area contributed by atoms with E-state index in [1.54, 1.807) is 0 Å². The zero-order chi connectivity index (χ0) is 10.2. The van der Waals surface area contributed by atoms with Crippen molar-refractivity contribution in [1.82, 2.24) is 10.2 Å². The molecule has 0 aromatic heterocycles. The molecule has 2 rings (SSSR count). The summed E-state index contributed by atoms with van der Waals surface area (Å²) in [7, 11) is 0. The van der Waals surface area contributed by atoms with Crippen molar-refractivity contribution >= 4 is 12.0 Å². The Bertz CT molecular complexity index is 271. The summed E-state index contributed by atoms with van der Waals surface area (Å²) in [6, 6.07) is 0. The highest BCUT2D eigenvalue weighted by molar-refractivity contribution is 5.91. The second kappa shape index (κ2) is 3.15. The third-order valence-corrected chi connectivity index (χ3v) is 3.22. The highest BCUT2D eigenvalue weighted by Crippen LogP contribution is 2.36. The summed E-state index contributed by atoms with van der Waals surface area (Å²) >= 11 is 0. The van der Waals surface area contributed by atoms with Crippen LogP contribution in [0.15, 0.2) is 0 Å². The number of nitrogens with zero attached hydrogens (tertiary/aromatic N) is 1. The van der Waals surface area contributed by atoms with Crippen molar-refractivity contribution in [2.45, 2.75) is 31.2 Å². The van der Waals surface area contributed by atoms with Crippen molar-refractivity contribution in [2.24, 2.45) is 0 Å². The topological polar surface area (TPSA) is 69.6 Å². The van der Waals surface area contributed by atoms with Crippen LogP contribution in [0.5, 0.6) is 0 Å². The molecule has 2 amide bonds. The second-order valence-corrected chi connectivity index (χ2v) is 3.93. The molecule has 0 aromatic rings. The summed E-state index contributed by atoms with van der Waals surface area (Å²) in [6.07, 6.45) is 2.26. The molecule has 1 heterocycles. The SMILES string of the molecule is O=C(O)N1CCNC(=O)C12CCCC2. The minimum Gasteiger partial charge on any atom is -0.465 e. The van der Waals surface area contributed by atoms with Crippen LogP contribution in [-0.4, -0.2) is 40.6 Å². The zero-order valence-electron chi connectivity index (χ0n) is 7.95. The fourth-order valence-corrected chi connectivity index (χ4v) is 2.52. The molecule has 5 heteroatoms. The number of piperazine rings is 1. The number of carboxylic acid groups (broad SMARTS) is 1. The molecule has 0 radical (unpaired) electrons. The van der Waals surface area contributed by atoms with Crippen molar-refractivity contribution < 1.29 is 14.7 Å². The standard InChI is InChI=1S/C9H14N2O3/c12-7-9(3-1-2-4-9)11(8(13)14)6-5-10-7/h1-6H2,(H,10,12)(H,13,14). The van der Waals surface area contributed by atoms with Crippen LogP contribution < -0.4 is 5.32 Å². The number of carbonyl (C=O) groups is 2. The smallest absolute Gasteiger partial charge is 0.408 e. The van der Waals surface area contributed by atoms with Crippen LogP contribution in [0.2, 0.25) is 0 Å². The number of hydrogen-bond acceptors (Lipinski definition) is 2. The van der Waals surface area contributed by atoms with E-state index in [9.17, 15) is 9.59 Å². The third-order valence-electron chi connectivity index (χ3n) is 3.22. The van der Waals surface area contributed by atoms with E-state index in [0.717, 1.165) is 12.8 Å². The van der Waals surface area contributed by atoms with E-state index in [1.807, 2.05) is 0 Å². The Morgan fingerprint density at radius 1 is 1.43 bits per heavy atom. The van der Waals surface area contributed by atoms with Crippen LogP contribution in [0.4, 0.5) is 4.79 Å². The average molecular weight is 198 g/mol. The zero-order valence-corrected chi connectivity index (χ0v) is 7.95. The summed E-state index contributed by atoms with van der Waals surface area (Å²) in [5.74, 6) is -0.108. The monoisotopic (exact) mass is 198 g/mol. The van der Waals surface area contributed by atoms with Gasteiger partial charge < -0.3 is 10.4 Å². The molecule has 1 spiro atoms. The molecule has 14 heavy (non-hydrogen) atoms. The highest BCUT2D eigenvalue weighted by atomic mass is 16.4. The van der Waals surface area contributed by atoms with Gasteiger partial charge in [0.2, 0.25) is 5.91 Å². The largest absolute Gasteiger partial charge is 0.465 e. The first-order chi connectivity index (χ1) is 6.67. The quantitative estimate of drug-likeness (QED) is 0.592. The van der Waals surface area contributed by atoms with Gasteiger partial charge in [-0.05, 0) is 12.8 Å². The first kappa shape index (κ1) is 9.30. The molecule has 0 atom stereocenters. The molecule has 0 unspecified atom stereocenters.